The number of nitrogens with zero attached hydrogens (tertiary/aromatic N) is 3. The van der Waals surface area contributed by atoms with E-state index in [0.717, 1.165) is 37.7 Å². The van der Waals surface area contributed by atoms with E-state index in [4.69, 9.17) is 11.6 Å². The first-order valence-corrected chi connectivity index (χ1v) is 6.83. The number of hydrogen-bond acceptors (Lipinski definition) is 3. The quantitative estimate of drug-likeness (QED) is 0.823. The minimum Gasteiger partial charge on any atom is -0.310 e. The molecule has 1 fully saturated rings. The Morgan fingerprint density at radius 2 is 2.35 bits per heavy atom. The van der Waals surface area contributed by atoms with E-state index in [1.165, 1.54) is 6.42 Å². The van der Waals surface area contributed by atoms with Gasteiger partial charge in [-0.1, -0.05) is 0 Å². The molecular formula is C12H21ClN4. The van der Waals surface area contributed by atoms with Crippen molar-refractivity contribution in [3.05, 3.63) is 12.2 Å². The molecule has 0 bridgehead atoms. The highest BCUT2D eigenvalue weighted by Gasteiger charge is 2.22. The van der Waals surface area contributed by atoms with E-state index in [2.05, 4.69) is 29.2 Å². The van der Waals surface area contributed by atoms with Gasteiger partial charge in [-0.15, -0.1) is 11.6 Å². The number of nitrogens with one attached hydrogen (secondary N) is 1. The fourth-order valence-electron chi connectivity index (χ4n) is 2.42. The predicted molar refractivity (Wildman–Crippen MR) is 69.1 cm³/mol. The van der Waals surface area contributed by atoms with Gasteiger partial charge in [-0.05, 0) is 45.6 Å². The molecule has 2 unspecified atom stereocenters. The van der Waals surface area contributed by atoms with Crippen LogP contribution in [0.1, 0.15) is 45.0 Å². The van der Waals surface area contributed by atoms with Crippen LogP contribution >= 0.6 is 11.6 Å². The number of halogens is 1. The Morgan fingerprint density at radius 1 is 1.53 bits per heavy atom. The van der Waals surface area contributed by atoms with E-state index in [1.807, 2.05) is 4.68 Å². The molecule has 1 aliphatic carbocycles. The minimum atomic E-state index is 0.369. The summed E-state index contributed by atoms with van der Waals surface area (Å²) in [5.41, 5.74) is 0. The summed E-state index contributed by atoms with van der Waals surface area (Å²) in [6.45, 7) is 6.07. The molecule has 2 atom stereocenters. The molecule has 17 heavy (non-hydrogen) atoms. The van der Waals surface area contributed by atoms with Crippen LogP contribution in [0.25, 0.3) is 0 Å². The highest BCUT2D eigenvalue weighted by Crippen LogP contribution is 2.28. The third kappa shape index (κ3) is 3.42. The summed E-state index contributed by atoms with van der Waals surface area (Å²) in [7, 11) is 0. The van der Waals surface area contributed by atoms with Crippen LogP contribution in [0.3, 0.4) is 0 Å². The van der Waals surface area contributed by atoms with Crippen molar-refractivity contribution in [3.8, 4) is 0 Å². The number of alkyl halides is 1. The van der Waals surface area contributed by atoms with Crippen molar-refractivity contribution in [2.24, 2.45) is 5.92 Å². The van der Waals surface area contributed by atoms with E-state index in [-0.39, 0.29) is 0 Å². The third-order valence-corrected chi connectivity index (χ3v) is 3.73. The van der Waals surface area contributed by atoms with Crippen molar-refractivity contribution in [1.82, 2.24) is 20.1 Å². The summed E-state index contributed by atoms with van der Waals surface area (Å²) in [6, 6.07) is 0.369. The van der Waals surface area contributed by atoms with Gasteiger partial charge >= 0.3 is 0 Å². The zero-order chi connectivity index (χ0) is 12.3. The highest BCUT2D eigenvalue weighted by molar-refractivity contribution is 6.20. The molecule has 1 saturated carbocycles. The molecule has 96 valence electrons. The van der Waals surface area contributed by atoms with E-state index in [1.54, 1.807) is 6.33 Å². The Hall–Kier alpha value is -0.610. The molecule has 4 nitrogen and oxygen atoms in total. The van der Waals surface area contributed by atoms with Crippen molar-refractivity contribution in [1.29, 1.82) is 0 Å². The maximum Gasteiger partial charge on any atom is 0.141 e. The normalized spacial score (nSPS) is 24.7. The lowest BCUT2D eigenvalue weighted by molar-refractivity contribution is 0.455. The molecule has 1 aromatic rings. The van der Waals surface area contributed by atoms with Crippen molar-refractivity contribution in [3.63, 3.8) is 0 Å². The van der Waals surface area contributed by atoms with Gasteiger partial charge in [0.05, 0.1) is 6.54 Å². The molecule has 0 saturated heterocycles. The maximum absolute atomic E-state index is 6.10. The van der Waals surface area contributed by atoms with Crippen LogP contribution in [-0.4, -0.2) is 26.7 Å². The smallest absolute Gasteiger partial charge is 0.141 e. The van der Waals surface area contributed by atoms with E-state index in [0.29, 0.717) is 11.4 Å². The monoisotopic (exact) mass is 256 g/mol. The van der Waals surface area contributed by atoms with Crippen LogP contribution < -0.4 is 5.32 Å². The fraction of sp³-hybridized carbons (Fsp3) is 0.833. The van der Waals surface area contributed by atoms with Gasteiger partial charge in [-0.3, -0.25) is 0 Å². The third-order valence-electron chi connectivity index (χ3n) is 3.33. The number of aromatic nitrogens is 3. The van der Waals surface area contributed by atoms with Crippen LogP contribution in [0.4, 0.5) is 0 Å². The lowest BCUT2D eigenvalue weighted by Gasteiger charge is -2.12. The first kappa shape index (κ1) is 12.8. The molecule has 5 heteroatoms. The Labute approximate surface area is 108 Å². The van der Waals surface area contributed by atoms with Gasteiger partial charge in [0.2, 0.25) is 0 Å². The molecule has 0 aliphatic heterocycles. The Morgan fingerprint density at radius 3 is 3.00 bits per heavy atom. The molecule has 0 radical (unpaired) electrons. The standard InChI is InChI=1S/C12H21ClN4/c1-9(2)17-12(15-8-16-17)7-14-6-10-3-4-11(13)5-10/h8-11,14H,3-7H2,1-2H3. The van der Waals surface area contributed by atoms with E-state index >= 15 is 0 Å². The lowest BCUT2D eigenvalue weighted by Crippen LogP contribution is -2.23. The van der Waals surface area contributed by atoms with Crippen molar-refractivity contribution in [2.75, 3.05) is 6.54 Å². The molecule has 0 aromatic carbocycles. The molecule has 1 heterocycles. The first-order chi connectivity index (χ1) is 8.16. The van der Waals surface area contributed by atoms with E-state index in [9.17, 15) is 0 Å². The maximum atomic E-state index is 6.10. The molecule has 0 spiro atoms. The molecule has 0 amide bonds. The Balaban J connectivity index is 1.76. The zero-order valence-corrected chi connectivity index (χ0v) is 11.3. The summed E-state index contributed by atoms with van der Waals surface area (Å²) in [6.07, 6.45) is 5.18. The number of rotatable bonds is 5. The summed E-state index contributed by atoms with van der Waals surface area (Å²) < 4.78 is 1.96. The topological polar surface area (TPSA) is 42.7 Å². The van der Waals surface area contributed by atoms with Gasteiger partial charge in [-0.25, -0.2) is 9.67 Å². The van der Waals surface area contributed by atoms with Gasteiger partial charge in [0.15, 0.2) is 0 Å². The summed E-state index contributed by atoms with van der Waals surface area (Å²) >= 11 is 6.10. The summed E-state index contributed by atoms with van der Waals surface area (Å²) in [5.74, 6) is 1.74. The molecule has 1 N–H and O–H groups in total. The zero-order valence-electron chi connectivity index (χ0n) is 10.6. The summed E-state index contributed by atoms with van der Waals surface area (Å²) in [5, 5.41) is 8.08. The van der Waals surface area contributed by atoms with Crippen LogP contribution in [0.2, 0.25) is 0 Å². The SMILES string of the molecule is CC(C)n1ncnc1CNCC1CCC(Cl)C1. The van der Waals surface area contributed by atoms with Gasteiger partial charge in [-0.2, -0.15) is 5.10 Å². The van der Waals surface area contributed by atoms with Gasteiger partial charge in [0, 0.05) is 11.4 Å². The summed E-state index contributed by atoms with van der Waals surface area (Å²) in [4.78, 5) is 4.28. The Kier molecular flexibility index (Phi) is 4.40. The van der Waals surface area contributed by atoms with Crippen LogP contribution in [0.15, 0.2) is 6.33 Å². The van der Waals surface area contributed by atoms with Crippen LogP contribution in [-0.2, 0) is 6.54 Å². The second-order valence-corrected chi connectivity index (χ2v) is 5.74. The van der Waals surface area contributed by atoms with Crippen LogP contribution in [0.5, 0.6) is 0 Å². The van der Waals surface area contributed by atoms with Crippen molar-refractivity contribution >= 4 is 11.6 Å². The average molecular weight is 257 g/mol. The van der Waals surface area contributed by atoms with Crippen molar-refractivity contribution in [2.45, 2.75) is 51.1 Å². The van der Waals surface area contributed by atoms with Crippen LogP contribution in [0, 0.1) is 5.92 Å². The lowest BCUT2D eigenvalue weighted by atomic mass is 10.1. The van der Waals surface area contributed by atoms with Gasteiger partial charge < -0.3 is 5.32 Å². The molecular weight excluding hydrogens is 236 g/mol. The first-order valence-electron chi connectivity index (χ1n) is 6.40. The highest BCUT2D eigenvalue weighted by atomic mass is 35.5. The van der Waals surface area contributed by atoms with Gasteiger partial charge in [0.25, 0.3) is 0 Å². The molecule has 1 aliphatic rings. The average Bonchev–Trinajstić information content (AvgIpc) is 2.87. The Bertz CT molecular complexity index is 350. The minimum absolute atomic E-state index is 0.369. The molecule has 2 rings (SSSR count). The second-order valence-electron chi connectivity index (χ2n) is 5.12. The predicted octanol–water partition coefficient (Wildman–Crippen LogP) is 2.36. The molecule has 1 aromatic heterocycles. The van der Waals surface area contributed by atoms with E-state index < -0.39 is 0 Å². The second kappa shape index (κ2) is 5.83. The fourth-order valence-corrected chi connectivity index (χ4v) is 2.80. The largest absolute Gasteiger partial charge is 0.310 e. The van der Waals surface area contributed by atoms with Crippen molar-refractivity contribution < 1.29 is 0 Å². The number of hydrogen-bond donors (Lipinski definition) is 1. The van der Waals surface area contributed by atoms with Gasteiger partial charge in [0.1, 0.15) is 12.2 Å².